The molecule has 1 aromatic carbocycles. The van der Waals surface area contributed by atoms with Crippen LogP contribution in [0.2, 0.25) is 0 Å². The van der Waals surface area contributed by atoms with Gasteiger partial charge >= 0.3 is 0 Å². The van der Waals surface area contributed by atoms with Crippen LogP contribution in [-0.2, 0) is 11.2 Å². The van der Waals surface area contributed by atoms with E-state index in [4.69, 9.17) is 4.74 Å². The van der Waals surface area contributed by atoms with Crippen LogP contribution in [0.15, 0.2) is 30.1 Å². The molecule has 6 heteroatoms. The lowest BCUT2D eigenvalue weighted by Gasteiger charge is -2.29. The van der Waals surface area contributed by atoms with Gasteiger partial charge in [-0.15, -0.1) is 0 Å². The molecule has 0 spiro atoms. The maximum absolute atomic E-state index is 12.7. The van der Waals surface area contributed by atoms with Gasteiger partial charge in [-0.25, -0.2) is 4.39 Å². The number of hydrogen-bond acceptors (Lipinski definition) is 3. The Morgan fingerprint density at radius 1 is 1.27 bits per heavy atom. The first-order valence-corrected chi connectivity index (χ1v) is 9.23. The SMILES string of the molecule is CC/C(=C\F)COc1ccc2c(c1)CCN(CC(=O)N1CCCC1)C2=O. The van der Waals surface area contributed by atoms with Gasteiger partial charge in [0.1, 0.15) is 18.9 Å². The van der Waals surface area contributed by atoms with E-state index in [1.54, 1.807) is 17.0 Å². The van der Waals surface area contributed by atoms with Gasteiger partial charge in [0.05, 0.1) is 6.33 Å². The number of likely N-dealkylation sites (tertiary alicyclic amines) is 1. The zero-order chi connectivity index (χ0) is 18.5. The van der Waals surface area contributed by atoms with Crippen molar-refractivity contribution in [2.75, 3.05) is 32.8 Å². The number of ether oxygens (including phenoxy) is 1. The van der Waals surface area contributed by atoms with Gasteiger partial charge in [0.15, 0.2) is 0 Å². The van der Waals surface area contributed by atoms with Gasteiger partial charge in [0.2, 0.25) is 5.91 Å². The average molecular weight is 360 g/mol. The first kappa shape index (κ1) is 18.4. The van der Waals surface area contributed by atoms with Crippen molar-refractivity contribution >= 4 is 11.8 Å². The highest BCUT2D eigenvalue weighted by molar-refractivity contribution is 5.98. The van der Waals surface area contributed by atoms with Gasteiger partial charge in [0, 0.05) is 25.2 Å². The highest BCUT2D eigenvalue weighted by Crippen LogP contribution is 2.24. The van der Waals surface area contributed by atoms with Crippen molar-refractivity contribution < 1.29 is 18.7 Å². The fraction of sp³-hybridized carbons (Fsp3) is 0.500. The van der Waals surface area contributed by atoms with E-state index >= 15 is 0 Å². The van der Waals surface area contributed by atoms with Gasteiger partial charge < -0.3 is 14.5 Å². The minimum absolute atomic E-state index is 0.0318. The highest BCUT2D eigenvalue weighted by Gasteiger charge is 2.28. The number of nitrogens with zero attached hydrogens (tertiary/aromatic N) is 2. The molecule has 1 aromatic rings. The lowest BCUT2D eigenvalue weighted by atomic mass is 9.98. The summed E-state index contributed by atoms with van der Waals surface area (Å²) in [4.78, 5) is 28.5. The molecule has 0 bridgehead atoms. The van der Waals surface area contributed by atoms with Gasteiger partial charge in [-0.05, 0) is 55.0 Å². The van der Waals surface area contributed by atoms with Gasteiger partial charge in [-0.3, -0.25) is 9.59 Å². The summed E-state index contributed by atoms with van der Waals surface area (Å²) in [5.41, 5.74) is 2.12. The molecule has 0 unspecified atom stereocenters. The van der Waals surface area contributed by atoms with E-state index in [9.17, 15) is 14.0 Å². The Labute approximate surface area is 153 Å². The predicted octanol–water partition coefficient (Wildman–Crippen LogP) is 2.95. The van der Waals surface area contributed by atoms with Crippen LogP contribution in [0.25, 0.3) is 0 Å². The number of hydrogen-bond donors (Lipinski definition) is 0. The summed E-state index contributed by atoms with van der Waals surface area (Å²) in [6.07, 6.45) is 3.95. The third kappa shape index (κ3) is 4.06. The van der Waals surface area contributed by atoms with Gasteiger partial charge in [-0.1, -0.05) is 6.92 Å². The summed E-state index contributed by atoms with van der Waals surface area (Å²) in [5, 5.41) is 0. The molecule has 140 valence electrons. The summed E-state index contributed by atoms with van der Waals surface area (Å²) in [7, 11) is 0. The minimum atomic E-state index is -0.108. The van der Waals surface area contributed by atoms with Crippen molar-refractivity contribution in [1.82, 2.24) is 9.80 Å². The molecule has 1 fully saturated rings. The number of amides is 2. The fourth-order valence-corrected chi connectivity index (χ4v) is 3.37. The molecule has 2 aliphatic heterocycles. The summed E-state index contributed by atoms with van der Waals surface area (Å²) in [6.45, 7) is 4.35. The van der Waals surface area contributed by atoms with Crippen molar-refractivity contribution in [3.05, 3.63) is 41.2 Å². The van der Waals surface area contributed by atoms with E-state index < -0.39 is 0 Å². The lowest BCUT2D eigenvalue weighted by molar-refractivity contribution is -0.130. The second-order valence-electron chi connectivity index (χ2n) is 6.79. The Morgan fingerprint density at radius 2 is 2.04 bits per heavy atom. The Hall–Kier alpha value is -2.37. The van der Waals surface area contributed by atoms with Crippen molar-refractivity contribution in [2.24, 2.45) is 0 Å². The van der Waals surface area contributed by atoms with Gasteiger partial charge in [0.25, 0.3) is 5.91 Å². The molecule has 0 N–H and O–H groups in total. The van der Waals surface area contributed by atoms with Crippen LogP contribution in [0.3, 0.4) is 0 Å². The molecule has 2 amide bonds. The number of fused-ring (bicyclic) bond motifs is 1. The molecule has 0 atom stereocenters. The standard InChI is InChI=1S/C20H25FN2O3/c1-2-15(12-21)14-26-17-5-6-18-16(11-17)7-10-23(20(18)25)13-19(24)22-8-3-4-9-22/h5-6,11-12H,2-4,7-10,13-14H2,1H3/b15-12+. The number of carbonyl (C=O) groups excluding carboxylic acids is 2. The Balaban J connectivity index is 1.64. The molecule has 2 heterocycles. The molecular weight excluding hydrogens is 335 g/mol. The minimum Gasteiger partial charge on any atom is -0.489 e. The molecule has 1 saturated heterocycles. The molecule has 0 aromatic heterocycles. The van der Waals surface area contributed by atoms with Crippen LogP contribution in [0, 0.1) is 0 Å². The first-order chi connectivity index (χ1) is 12.6. The molecule has 0 radical (unpaired) electrons. The monoisotopic (exact) mass is 360 g/mol. The van der Waals surface area contributed by atoms with Crippen LogP contribution < -0.4 is 4.74 Å². The molecule has 0 saturated carbocycles. The van der Waals surface area contributed by atoms with E-state index in [1.165, 1.54) is 0 Å². The van der Waals surface area contributed by atoms with Crippen molar-refractivity contribution in [3.8, 4) is 5.75 Å². The topological polar surface area (TPSA) is 49.9 Å². The largest absolute Gasteiger partial charge is 0.489 e. The Bertz CT molecular complexity index is 711. The van der Waals surface area contributed by atoms with Crippen LogP contribution in [0.1, 0.15) is 42.1 Å². The van der Waals surface area contributed by atoms with E-state index in [-0.39, 0.29) is 25.0 Å². The first-order valence-electron chi connectivity index (χ1n) is 9.23. The Kier molecular flexibility index (Phi) is 5.91. The molecule has 2 aliphatic rings. The maximum atomic E-state index is 12.7. The van der Waals surface area contributed by atoms with Crippen molar-refractivity contribution in [3.63, 3.8) is 0 Å². The average Bonchev–Trinajstić information content (AvgIpc) is 3.20. The van der Waals surface area contributed by atoms with Crippen molar-refractivity contribution in [2.45, 2.75) is 32.6 Å². The number of carbonyl (C=O) groups is 2. The number of rotatable bonds is 6. The number of halogens is 1. The Morgan fingerprint density at radius 3 is 2.73 bits per heavy atom. The lowest BCUT2D eigenvalue weighted by Crippen LogP contribution is -2.45. The highest BCUT2D eigenvalue weighted by atomic mass is 19.1. The van der Waals surface area contributed by atoms with Crippen molar-refractivity contribution in [1.29, 1.82) is 0 Å². The maximum Gasteiger partial charge on any atom is 0.254 e. The molecule has 3 rings (SSSR count). The second-order valence-corrected chi connectivity index (χ2v) is 6.79. The normalized spacial score (nSPS) is 17.5. The second kappa shape index (κ2) is 8.34. The number of benzene rings is 1. The van der Waals surface area contributed by atoms with E-state index in [0.29, 0.717) is 42.6 Å². The summed E-state index contributed by atoms with van der Waals surface area (Å²) >= 11 is 0. The van der Waals surface area contributed by atoms with Gasteiger partial charge in [-0.2, -0.15) is 0 Å². The van der Waals surface area contributed by atoms with Crippen LogP contribution in [0.4, 0.5) is 4.39 Å². The third-order valence-corrected chi connectivity index (χ3v) is 5.06. The van der Waals surface area contributed by atoms with E-state index in [2.05, 4.69) is 0 Å². The summed E-state index contributed by atoms with van der Waals surface area (Å²) < 4.78 is 18.2. The quantitative estimate of drug-likeness (QED) is 0.784. The third-order valence-electron chi connectivity index (χ3n) is 5.06. The smallest absolute Gasteiger partial charge is 0.254 e. The molecule has 26 heavy (non-hydrogen) atoms. The summed E-state index contributed by atoms with van der Waals surface area (Å²) in [6, 6.07) is 5.32. The van der Waals surface area contributed by atoms with E-state index in [1.807, 2.05) is 17.9 Å². The zero-order valence-corrected chi connectivity index (χ0v) is 15.2. The predicted molar refractivity (Wildman–Crippen MR) is 96.8 cm³/mol. The van der Waals surface area contributed by atoms with Crippen LogP contribution >= 0.6 is 0 Å². The molecule has 0 aliphatic carbocycles. The zero-order valence-electron chi connectivity index (χ0n) is 15.2. The van der Waals surface area contributed by atoms with Crippen LogP contribution in [-0.4, -0.2) is 54.4 Å². The van der Waals surface area contributed by atoms with E-state index in [0.717, 1.165) is 31.5 Å². The van der Waals surface area contributed by atoms with Crippen LogP contribution in [0.5, 0.6) is 5.75 Å². The molecular formula is C20H25FN2O3. The molecule has 5 nitrogen and oxygen atoms in total. The fourth-order valence-electron chi connectivity index (χ4n) is 3.37. The summed E-state index contributed by atoms with van der Waals surface area (Å²) in [5.74, 6) is 0.554.